The largest absolute Gasteiger partial charge is 0.394 e. The molecule has 7 unspecified atom stereocenters. The van der Waals surface area contributed by atoms with Gasteiger partial charge in [0.1, 0.15) is 67.1 Å². The summed E-state index contributed by atoms with van der Waals surface area (Å²) in [6.07, 6.45) is -6.78. The minimum Gasteiger partial charge on any atom is -0.394 e. The maximum Gasteiger partial charge on any atom is 0.104 e. The van der Waals surface area contributed by atoms with Crippen molar-refractivity contribution in [2.45, 2.75) is 67.1 Å². The van der Waals surface area contributed by atoms with Crippen molar-refractivity contribution in [1.29, 1.82) is 0 Å². The molecule has 0 bridgehead atoms. The summed E-state index contributed by atoms with van der Waals surface area (Å²) in [6.45, 7) is -2.42. The molecule has 2 aliphatic heterocycles. The molecule has 0 amide bonds. The molecule has 0 spiro atoms. The lowest BCUT2D eigenvalue weighted by Crippen LogP contribution is -2.39. The highest BCUT2D eigenvalue weighted by Crippen LogP contribution is 2.07. The fraction of sp³-hybridized carbons (Fsp3) is 1.00. The number of aliphatic hydroxyl groups is 19. The van der Waals surface area contributed by atoms with Gasteiger partial charge in [0.25, 0.3) is 0 Å². The van der Waals surface area contributed by atoms with Crippen molar-refractivity contribution in [3.63, 3.8) is 0 Å². The van der Waals surface area contributed by atoms with Crippen LogP contribution in [0.2, 0.25) is 0 Å². The van der Waals surface area contributed by atoms with Gasteiger partial charge >= 0.3 is 0 Å². The van der Waals surface area contributed by atoms with Gasteiger partial charge in [-0.25, -0.2) is 0 Å². The Morgan fingerprint density at radius 2 is 0.695 bits per heavy atom. The lowest BCUT2D eigenvalue weighted by molar-refractivity contribution is -0.161. The van der Waals surface area contributed by atoms with E-state index in [0.717, 1.165) is 0 Å². The maximum absolute atomic E-state index is 8.76. The summed E-state index contributed by atoms with van der Waals surface area (Å²) in [5.74, 6) is 0. The Bertz CT molecular complexity index is 731. The number of aliphatic hydroxyl groups excluding tert-OH is 19. The SMILES string of the molecule is OCC(CO)OC(CO)CO.OCC(O)CO.OCC(O)COC(CO)CO.OCC(O)COCC(O)CO.OCC1COC(CO)CO1.OCC1COCC(CO)O1. The van der Waals surface area contributed by atoms with Crippen LogP contribution >= 0.6 is 0 Å². The van der Waals surface area contributed by atoms with Crippen molar-refractivity contribution in [1.82, 2.24) is 0 Å². The number of rotatable bonds is 24. The van der Waals surface area contributed by atoms with Crippen molar-refractivity contribution in [3.8, 4) is 0 Å². The molecule has 7 atom stereocenters. The highest BCUT2D eigenvalue weighted by Gasteiger charge is 2.22. The van der Waals surface area contributed by atoms with Crippen LogP contribution in [0.15, 0.2) is 0 Å². The first-order valence-corrected chi connectivity index (χ1v) is 18.4. The first-order chi connectivity index (χ1) is 28.3. The predicted octanol–water partition coefficient (Wildman–Crippen LogP) is -11.0. The zero-order valence-corrected chi connectivity index (χ0v) is 33.3. The van der Waals surface area contributed by atoms with E-state index in [1.54, 1.807) is 0 Å². The van der Waals surface area contributed by atoms with E-state index < -0.39 is 42.7 Å². The second kappa shape index (κ2) is 48.0. The fourth-order valence-electron chi connectivity index (χ4n) is 3.19. The van der Waals surface area contributed by atoms with Crippen molar-refractivity contribution < 1.29 is 130 Å². The molecule has 0 aliphatic carbocycles. The summed E-state index contributed by atoms with van der Waals surface area (Å²) in [5.41, 5.74) is 0. The van der Waals surface area contributed by atoms with E-state index >= 15 is 0 Å². The average Bonchev–Trinajstić information content (AvgIpc) is 3.30. The molecule has 0 aromatic rings. The van der Waals surface area contributed by atoms with Crippen molar-refractivity contribution >= 4 is 0 Å². The van der Waals surface area contributed by atoms with E-state index in [9.17, 15) is 0 Å². The van der Waals surface area contributed by atoms with Crippen LogP contribution in [0, 0.1) is 0 Å². The van der Waals surface area contributed by atoms with Crippen molar-refractivity contribution in [2.75, 3.05) is 145 Å². The topological polar surface area (TPSA) is 449 Å². The fourth-order valence-corrected chi connectivity index (χ4v) is 3.19. The van der Waals surface area contributed by atoms with Crippen LogP contribution in [0.1, 0.15) is 0 Å². The van der Waals surface area contributed by atoms with Crippen molar-refractivity contribution in [3.05, 3.63) is 0 Å². The zero-order chi connectivity index (χ0) is 45.9. The van der Waals surface area contributed by atoms with E-state index in [0.29, 0.717) is 26.4 Å². The van der Waals surface area contributed by atoms with Crippen LogP contribution in [-0.4, -0.2) is 310 Å². The van der Waals surface area contributed by atoms with E-state index in [4.69, 9.17) is 130 Å². The standard InChI is InChI=1S/3C6H14O5.2C6H12O4.C3H8O3/c7-1-5(10)4-11-6(2-8)3-9;7-1-5(9)3-11-4-6(10)2-8;7-1-5(2-8)11-6(3-9)4-10;7-1-5-3-10-6(2-8)4-9-5;7-1-5-3-9-4-6(2-8)10-5;4-1-3(6)2-5/h3*5-10H,1-4H2;2*5-8H,1-4H2;3-6H,1-2H2. The van der Waals surface area contributed by atoms with Crippen LogP contribution in [-0.2, 0) is 33.2 Å². The third-order valence-electron chi connectivity index (χ3n) is 6.65. The average molecular weight is 887 g/mol. The Hall–Kier alpha value is -1.04. The quantitative estimate of drug-likeness (QED) is 0.0428. The Morgan fingerprint density at radius 1 is 0.373 bits per heavy atom. The second-order valence-corrected chi connectivity index (χ2v) is 12.1. The number of hydrogen-bond donors (Lipinski definition) is 19. The highest BCUT2D eigenvalue weighted by atomic mass is 16.6. The van der Waals surface area contributed by atoms with Crippen LogP contribution < -0.4 is 0 Å². The summed E-state index contributed by atoms with van der Waals surface area (Å²) < 4.78 is 34.7. The maximum atomic E-state index is 8.76. The molecule has 0 saturated carbocycles. The smallest absolute Gasteiger partial charge is 0.104 e. The van der Waals surface area contributed by atoms with Gasteiger partial charge in [-0.15, -0.1) is 0 Å². The van der Waals surface area contributed by atoms with Crippen LogP contribution in [0.25, 0.3) is 0 Å². The van der Waals surface area contributed by atoms with E-state index in [2.05, 4.69) is 0 Å². The van der Waals surface area contributed by atoms with Crippen LogP contribution in [0.3, 0.4) is 0 Å². The second-order valence-electron chi connectivity index (χ2n) is 12.1. The first-order valence-electron chi connectivity index (χ1n) is 18.4. The van der Waals surface area contributed by atoms with Gasteiger partial charge in [0.05, 0.1) is 145 Å². The molecular formula is C33H74O26. The highest BCUT2D eigenvalue weighted by molar-refractivity contribution is 4.67. The molecule has 0 aromatic heterocycles. The molecule has 2 rings (SSSR count). The van der Waals surface area contributed by atoms with Crippen molar-refractivity contribution in [2.24, 2.45) is 0 Å². The molecule has 0 aromatic carbocycles. The molecule has 26 nitrogen and oxygen atoms in total. The van der Waals surface area contributed by atoms with Gasteiger partial charge in [0.15, 0.2) is 0 Å². The molecular weight excluding hydrogens is 812 g/mol. The molecule has 59 heavy (non-hydrogen) atoms. The van der Waals surface area contributed by atoms with Gasteiger partial charge in [-0.05, 0) is 0 Å². The Kier molecular flexibility index (Phi) is 52.5. The van der Waals surface area contributed by atoms with Gasteiger partial charge < -0.3 is 130 Å². The Labute approximate surface area is 342 Å². The zero-order valence-electron chi connectivity index (χ0n) is 33.3. The van der Waals surface area contributed by atoms with Gasteiger partial charge in [0, 0.05) is 0 Å². The van der Waals surface area contributed by atoms with Gasteiger partial charge in [-0.2, -0.15) is 0 Å². The first kappa shape index (κ1) is 64.6. The molecule has 2 fully saturated rings. The van der Waals surface area contributed by atoms with Gasteiger partial charge in [0.2, 0.25) is 0 Å². The summed E-state index contributed by atoms with van der Waals surface area (Å²) in [7, 11) is 0. The minimum absolute atomic E-state index is 0.0157. The van der Waals surface area contributed by atoms with Gasteiger partial charge in [-0.1, -0.05) is 0 Å². The molecule has 0 radical (unpaired) electrons. The number of hydrogen-bond acceptors (Lipinski definition) is 26. The van der Waals surface area contributed by atoms with Crippen LogP contribution in [0.5, 0.6) is 0 Å². The van der Waals surface area contributed by atoms with E-state index in [1.807, 2.05) is 0 Å². The molecule has 26 heteroatoms. The molecule has 19 N–H and O–H groups in total. The molecule has 362 valence electrons. The lowest BCUT2D eigenvalue weighted by atomic mass is 10.3. The minimum atomic E-state index is -0.954. The van der Waals surface area contributed by atoms with E-state index in [1.165, 1.54) is 0 Å². The number of ether oxygens (including phenoxy) is 7. The molecule has 2 saturated heterocycles. The normalized spacial score (nSPS) is 20.4. The molecule has 2 aliphatic rings. The van der Waals surface area contributed by atoms with E-state index in [-0.39, 0.29) is 143 Å². The summed E-state index contributed by atoms with van der Waals surface area (Å²) in [4.78, 5) is 0. The lowest BCUT2D eigenvalue weighted by Gasteiger charge is -2.27. The Balaban J connectivity index is -0.000000310. The summed E-state index contributed by atoms with van der Waals surface area (Å²) >= 11 is 0. The third-order valence-corrected chi connectivity index (χ3v) is 6.65. The van der Waals surface area contributed by atoms with Crippen LogP contribution in [0.4, 0.5) is 0 Å². The summed E-state index contributed by atoms with van der Waals surface area (Å²) in [5, 5.41) is 161. The third kappa shape index (κ3) is 42.1. The summed E-state index contributed by atoms with van der Waals surface area (Å²) in [6, 6.07) is 0. The predicted molar refractivity (Wildman–Crippen MR) is 198 cm³/mol. The molecule has 2 heterocycles. The Morgan fingerprint density at radius 3 is 0.949 bits per heavy atom. The van der Waals surface area contributed by atoms with Gasteiger partial charge in [-0.3, -0.25) is 0 Å². The monoisotopic (exact) mass is 886 g/mol.